The minimum atomic E-state index is -0.438. The molecular weight excluding hydrogens is 192 g/mol. The maximum atomic E-state index is 11.1. The molecule has 1 aromatic carbocycles. The van der Waals surface area contributed by atoms with E-state index in [-0.39, 0.29) is 6.61 Å². The lowest BCUT2D eigenvalue weighted by Gasteiger charge is -2.00. The zero-order valence-electron chi connectivity index (χ0n) is 8.47. The van der Waals surface area contributed by atoms with Crippen LogP contribution in [0.3, 0.4) is 0 Å². The maximum Gasteiger partial charge on any atom is 0.339 e. The third-order valence-electron chi connectivity index (χ3n) is 1.61. The van der Waals surface area contributed by atoms with Crippen LogP contribution in [0.4, 0.5) is 0 Å². The van der Waals surface area contributed by atoms with Gasteiger partial charge in [0.25, 0.3) is 0 Å². The molecule has 0 bridgehead atoms. The highest BCUT2D eigenvalue weighted by molar-refractivity contribution is 5.81. The van der Waals surface area contributed by atoms with E-state index in [1.165, 1.54) is 19.4 Å². The van der Waals surface area contributed by atoms with Crippen LogP contribution in [0.2, 0.25) is 0 Å². The first-order valence-electron chi connectivity index (χ1n) is 4.47. The fraction of sp³-hybridized carbons (Fsp3) is 0.167. The highest BCUT2D eigenvalue weighted by atomic mass is 16.5. The van der Waals surface area contributed by atoms with Crippen LogP contribution >= 0.6 is 0 Å². The van der Waals surface area contributed by atoms with E-state index < -0.39 is 5.97 Å². The van der Waals surface area contributed by atoms with E-state index in [1.54, 1.807) is 0 Å². The third-order valence-corrected chi connectivity index (χ3v) is 1.61. The van der Waals surface area contributed by atoms with Crippen molar-refractivity contribution < 1.29 is 14.3 Å². The number of esters is 1. The lowest BCUT2D eigenvalue weighted by atomic mass is 10.2. The molecule has 1 rings (SSSR count). The minimum absolute atomic E-state index is 0.269. The molecule has 0 aliphatic heterocycles. The summed E-state index contributed by atoms with van der Waals surface area (Å²) in [7, 11) is 1.48. The molecule has 3 nitrogen and oxygen atoms in total. The van der Waals surface area contributed by atoms with E-state index in [9.17, 15) is 4.79 Å². The van der Waals surface area contributed by atoms with E-state index in [0.717, 1.165) is 5.56 Å². The molecule has 0 amide bonds. The molecule has 3 heteroatoms. The molecule has 0 fully saturated rings. The molecule has 15 heavy (non-hydrogen) atoms. The molecule has 0 radical (unpaired) electrons. The van der Waals surface area contributed by atoms with Gasteiger partial charge in [0.15, 0.2) is 0 Å². The van der Waals surface area contributed by atoms with E-state index in [0.29, 0.717) is 0 Å². The Morgan fingerprint density at radius 2 is 2.13 bits per heavy atom. The maximum absolute atomic E-state index is 11.1. The van der Waals surface area contributed by atoms with Crippen molar-refractivity contribution in [2.45, 2.75) is 6.61 Å². The number of methoxy groups -OCH3 is 1. The highest BCUT2D eigenvalue weighted by Gasteiger charge is 1.96. The van der Waals surface area contributed by atoms with Gasteiger partial charge in [0.2, 0.25) is 0 Å². The Balaban J connectivity index is 2.38. The average Bonchev–Trinajstić information content (AvgIpc) is 2.28. The van der Waals surface area contributed by atoms with Gasteiger partial charge in [0, 0.05) is 0 Å². The number of benzene rings is 1. The third kappa shape index (κ3) is 4.69. The Kier molecular flexibility index (Phi) is 4.78. The van der Waals surface area contributed by atoms with E-state index in [4.69, 9.17) is 4.74 Å². The summed E-state index contributed by atoms with van der Waals surface area (Å²) in [4.78, 5) is 11.1. The van der Waals surface area contributed by atoms with Gasteiger partial charge in [-0.25, -0.2) is 4.79 Å². The van der Waals surface area contributed by atoms with Crippen LogP contribution in [0.15, 0.2) is 48.4 Å². The van der Waals surface area contributed by atoms with Crippen LogP contribution in [-0.2, 0) is 20.9 Å². The molecule has 0 saturated heterocycles. The van der Waals surface area contributed by atoms with Gasteiger partial charge in [0.1, 0.15) is 12.9 Å². The van der Waals surface area contributed by atoms with Gasteiger partial charge in [-0.3, -0.25) is 0 Å². The minimum Gasteiger partial charge on any atom is -0.496 e. The zero-order valence-corrected chi connectivity index (χ0v) is 8.47. The van der Waals surface area contributed by atoms with E-state index in [2.05, 4.69) is 10.5 Å². The number of carbonyl (C=O) groups is 1. The fourth-order valence-electron chi connectivity index (χ4n) is 0.940. The SMILES string of the molecule is COC=C=CC(=O)OCc1ccccc1. The molecular formula is C12H12O3. The predicted octanol–water partition coefficient (Wildman–Crippen LogP) is 2.04. The first-order valence-corrected chi connectivity index (χ1v) is 4.47. The van der Waals surface area contributed by atoms with Crippen molar-refractivity contribution in [3.05, 3.63) is 54.0 Å². The van der Waals surface area contributed by atoms with Crippen molar-refractivity contribution in [1.82, 2.24) is 0 Å². The van der Waals surface area contributed by atoms with Crippen molar-refractivity contribution in [2.24, 2.45) is 0 Å². The monoisotopic (exact) mass is 204 g/mol. The Morgan fingerprint density at radius 1 is 1.40 bits per heavy atom. The second-order valence-corrected chi connectivity index (χ2v) is 2.76. The van der Waals surface area contributed by atoms with Crippen molar-refractivity contribution >= 4 is 5.97 Å². The topological polar surface area (TPSA) is 35.5 Å². The van der Waals surface area contributed by atoms with Crippen molar-refractivity contribution in [2.75, 3.05) is 7.11 Å². The van der Waals surface area contributed by atoms with Crippen LogP contribution in [0.1, 0.15) is 5.56 Å². The zero-order chi connectivity index (χ0) is 10.9. The lowest BCUT2D eigenvalue weighted by molar-refractivity contribution is -0.138. The van der Waals surface area contributed by atoms with Crippen LogP contribution in [0, 0.1) is 0 Å². The quantitative estimate of drug-likeness (QED) is 0.326. The summed E-state index contributed by atoms with van der Waals surface area (Å²) in [6.07, 6.45) is 2.47. The molecule has 0 unspecified atom stereocenters. The second-order valence-electron chi connectivity index (χ2n) is 2.76. The van der Waals surface area contributed by atoms with Gasteiger partial charge in [-0.05, 0) is 5.56 Å². The summed E-state index contributed by atoms with van der Waals surface area (Å²) in [5, 5.41) is 0. The first kappa shape index (κ1) is 11.1. The second kappa shape index (κ2) is 6.46. The Labute approximate surface area is 88.6 Å². The first-order chi connectivity index (χ1) is 7.33. The van der Waals surface area contributed by atoms with Crippen molar-refractivity contribution in [3.8, 4) is 0 Å². The van der Waals surface area contributed by atoms with E-state index >= 15 is 0 Å². The molecule has 1 aromatic rings. The molecule has 0 saturated carbocycles. The molecule has 0 N–H and O–H groups in total. The lowest BCUT2D eigenvalue weighted by Crippen LogP contribution is -1.99. The summed E-state index contributed by atoms with van der Waals surface area (Å²) < 4.78 is 9.52. The van der Waals surface area contributed by atoms with E-state index in [1.807, 2.05) is 30.3 Å². The average molecular weight is 204 g/mol. The Hall–Kier alpha value is -1.99. The molecule has 0 aliphatic carbocycles. The molecule has 78 valence electrons. The normalized spacial score (nSPS) is 8.60. The number of ether oxygens (including phenoxy) is 2. The number of carbonyl (C=O) groups excluding carboxylic acids is 1. The molecule has 0 aliphatic rings. The molecule has 0 heterocycles. The number of hydrogen-bond acceptors (Lipinski definition) is 3. The van der Waals surface area contributed by atoms with Gasteiger partial charge in [-0.2, -0.15) is 0 Å². The summed E-state index contributed by atoms with van der Waals surface area (Å²) in [5.41, 5.74) is 3.48. The summed E-state index contributed by atoms with van der Waals surface area (Å²) >= 11 is 0. The van der Waals surface area contributed by atoms with Crippen LogP contribution < -0.4 is 0 Å². The molecule has 0 spiro atoms. The van der Waals surface area contributed by atoms with Gasteiger partial charge >= 0.3 is 5.97 Å². The Bertz CT molecular complexity index is 362. The summed E-state index contributed by atoms with van der Waals surface area (Å²) in [6.45, 7) is 0.269. The van der Waals surface area contributed by atoms with Gasteiger partial charge in [-0.15, -0.1) is 0 Å². The summed E-state index contributed by atoms with van der Waals surface area (Å²) in [6, 6.07) is 9.48. The standard InChI is InChI=1S/C12H12O3/c1-14-9-5-8-12(13)15-10-11-6-3-2-4-7-11/h2-4,6-9H,10H2,1H3. The van der Waals surface area contributed by atoms with Gasteiger partial charge in [-0.1, -0.05) is 36.1 Å². The highest BCUT2D eigenvalue weighted by Crippen LogP contribution is 2.00. The predicted molar refractivity (Wildman–Crippen MR) is 55.9 cm³/mol. The smallest absolute Gasteiger partial charge is 0.339 e. The largest absolute Gasteiger partial charge is 0.496 e. The number of hydrogen-bond donors (Lipinski definition) is 0. The number of rotatable bonds is 4. The molecule has 0 atom stereocenters. The van der Waals surface area contributed by atoms with Gasteiger partial charge < -0.3 is 9.47 Å². The molecule has 0 aromatic heterocycles. The van der Waals surface area contributed by atoms with Crippen molar-refractivity contribution in [3.63, 3.8) is 0 Å². The fourth-order valence-corrected chi connectivity index (χ4v) is 0.940. The van der Waals surface area contributed by atoms with Crippen LogP contribution in [-0.4, -0.2) is 13.1 Å². The van der Waals surface area contributed by atoms with Crippen LogP contribution in [0.5, 0.6) is 0 Å². The van der Waals surface area contributed by atoms with Crippen molar-refractivity contribution in [1.29, 1.82) is 0 Å². The summed E-state index contributed by atoms with van der Waals surface area (Å²) in [5.74, 6) is -0.438. The van der Waals surface area contributed by atoms with Crippen LogP contribution in [0.25, 0.3) is 0 Å². The Morgan fingerprint density at radius 3 is 2.80 bits per heavy atom. The van der Waals surface area contributed by atoms with Gasteiger partial charge in [0.05, 0.1) is 13.2 Å².